The summed E-state index contributed by atoms with van der Waals surface area (Å²) in [5.41, 5.74) is -0.729. The summed E-state index contributed by atoms with van der Waals surface area (Å²) in [6.45, 7) is 5.54. The second kappa shape index (κ2) is 8.31. The zero-order valence-corrected chi connectivity index (χ0v) is 18.1. The van der Waals surface area contributed by atoms with Crippen LogP contribution in [-0.2, 0) is 38.4 Å². The summed E-state index contributed by atoms with van der Waals surface area (Å²) in [6.07, 6.45) is 1.67. The molecule has 0 aromatic carbocycles. The van der Waals surface area contributed by atoms with Gasteiger partial charge in [0.15, 0.2) is 11.9 Å². The number of amides is 1. The Labute approximate surface area is 180 Å². The van der Waals surface area contributed by atoms with Crippen LogP contribution in [0.3, 0.4) is 0 Å². The Bertz CT molecular complexity index is 744. The molecule has 0 aromatic heterocycles. The lowest BCUT2D eigenvalue weighted by Crippen LogP contribution is -2.70. The molecule has 5 fully saturated rings. The molecule has 1 spiro atoms. The topological polar surface area (TPSA) is 130 Å². The number of carboxylic acid groups (broad SMARTS) is 1. The summed E-state index contributed by atoms with van der Waals surface area (Å²) in [4.78, 5) is 46.4. The van der Waals surface area contributed by atoms with Gasteiger partial charge in [0.25, 0.3) is 0 Å². The van der Waals surface area contributed by atoms with Gasteiger partial charge in [0.05, 0.1) is 6.42 Å². The van der Waals surface area contributed by atoms with Crippen LogP contribution < -0.4 is 5.32 Å². The Hall–Kier alpha value is -1.75. The lowest BCUT2D eigenvalue weighted by molar-refractivity contribution is -0.576. The molecule has 4 heterocycles. The van der Waals surface area contributed by atoms with Crippen molar-refractivity contribution < 1.29 is 43.5 Å². The van der Waals surface area contributed by atoms with Crippen LogP contribution in [-0.4, -0.2) is 53.5 Å². The summed E-state index contributed by atoms with van der Waals surface area (Å²) >= 11 is 0. The van der Waals surface area contributed by atoms with Gasteiger partial charge in [-0.15, -0.1) is 0 Å². The highest BCUT2D eigenvalue weighted by molar-refractivity contribution is 5.84. The van der Waals surface area contributed by atoms with E-state index in [-0.39, 0.29) is 30.6 Å². The number of carbonyl (C=O) groups excluding carboxylic acids is 2. The van der Waals surface area contributed by atoms with Crippen molar-refractivity contribution in [2.45, 2.75) is 83.3 Å². The van der Waals surface area contributed by atoms with E-state index in [4.69, 9.17) is 29.1 Å². The number of carbonyl (C=O) groups is 3. The molecule has 0 unspecified atom stereocenters. The molecule has 0 aromatic rings. The first-order chi connectivity index (χ1) is 14.6. The third kappa shape index (κ3) is 4.06. The Balaban J connectivity index is 1.44. The Morgan fingerprint density at radius 3 is 2.61 bits per heavy atom. The number of hydrogen-bond donors (Lipinski definition) is 2. The number of aliphatic carboxylic acids is 1. The molecule has 5 aliphatic rings. The normalized spacial score (nSPS) is 43.5. The molecule has 4 aliphatic heterocycles. The molecule has 5 rings (SSSR count). The van der Waals surface area contributed by atoms with Crippen LogP contribution in [0, 0.1) is 23.7 Å². The molecule has 4 saturated heterocycles. The highest BCUT2D eigenvalue weighted by atomic mass is 17.3. The van der Waals surface area contributed by atoms with Gasteiger partial charge in [0, 0.05) is 24.7 Å². The van der Waals surface area contributed by atoms with Crippen molar-refractivity contribution >= 4 is 17.8 Å². The third-order valence-electron chi connectivity index (χ3n) is 7.34. The Morgan fingerprint density at radius 1 is 1.10 bits per heavy atom. The van der Waals surface area contributed by atoms with Gasteiger partial charge in [-0.1, -0.05) is 13.8 Å². The molecular weight excluding hydrogens is 410 g/mol. The standard InChI is InChI=1S/C21H31NO9/c1-11-4-5-14-12(2)18(27-17(26)7-6-15(23)22-10-16(24)25)28-19-21(14)13(11)8-9-20(3,29-19)30-31-21/h11-14,18-19H,4-10H2,1-3H3,(H,22,23)(H,24,25)/t11-,12-,13+,14+,18-,19-,20-,21-/m1/s1. The molecule has 31 heavy (non-hydrogen) atoms. The van der Waals surface area contributed by atoms with Crippen LogP contribution in [0.4, 0.5) is 0 Å². The quantitative estimate of drug-likeness (QED) is 0.467. The van der Waals surface area contributed by atoms with Gasteiger partial charge in [0.2, 0.25) is 18.0 Å². The van der Waals surface area contributed by atoms with E-state index in [9.17, 15) is 14.4 Å². The minimum atomic E-state index is -1.15. The first-order valence-electron chi connectivity index (χ1n) is 11.0. The predicted octanol–water partition coefficient (Wildman–Crippen LogP) is 1.72. The number of esters is 1. The van der Waals surface area contributed by atoms with Crippen LogP contribution in [0.25, 0.3) is 0 Å². The van der Waals surface area contributed by atoms with Gasteiger partial charge in [-0.05, 0) is 38.0 Å². The minimum Gasteiger partial charge on any atom is -0.480 e. The summed E-state index contributed by atoms with van der Waals surface area (Å²) < 4.78 is 18.0. The van der Waals surface area contributed by atoms with E-state index in [1.165, 1.54) is 0 Å². The second-order valence-corrected chi connectivity index (χ2v) is 9.43. The van der Waals surface area contributed by atoms with Crippen molar-refractivity contribution in [2.24, 2.45) is 23.7 Å². The molecule has 0 radical (unpaired) electrons. The molecule has 10 nitrogen and oxygen atoms in total. The summed E-state index contributed by atoms with van der Waals surface area (Å²) in [5.74, 6) is -2.62. The fourth-order valence-electron chi connectivity index (χ4n) is 5.67. The minimum absolute atomic E-state index is 0.0340. The lowest BCUT2D eigenvalue weighted by Gasteiger charge is -2.59. The number of nitrogens with one attached hydrogen (secondary N) is 1. The van der Waals surface area contributed by atoms with Gasteiger partial charge < -0.3 is 24.6 Å². The molecule has 8 atom stereocenters. The number of carboxylic acids is 1. The van der Waals surface area contributed by atoms with Crippen molar-refractivity contribution in [3.8, 4) is 0 Å². The van der Waals surface area contributed by atoms with Crippen molar-refractivity contribution in [2.75, 3.05) is 6.54 Å². The molecule has 2 N–H and O–H groups in total. The van der Waals surface area contributed by atoms with Gasteiger partial charge in [-0.3, -0.25) is 14.4 Å². The van der Waals surface area contributed by atoms with E-state index in [0.717, 1.165) is 19.3 Å². The zero-order chi connectivity index (χ0) is 22.4. The predicted molar refractivity (Wildman–Crippen MR) is 103 cm³/mol. The monoisotopic (exact) mass is 441 g/mol. The van der Waals surface area contributed by atoms with Crippen LogP contribution in [0.15, 0.2) is 0 Å². The first-order valence-corrected chi connectivity index (χ1v) is 11.0. The Kier molecular flexibility index (Phi) is 6.01. The van der Waals surface area contributed by atoms with Crippen LogP contribution in [0.2, 0.25) is 0 Å². The second-order valence-electron chi connectivity index (χ2n) is 9.43. The molecule has 1 aliphatic carbocycles. The first kappa shape index (κ1) is 22.4. The maximum atomic E-state index is 12.4. The van der Waals surface area contributed by atoms with Crippen molar-refractivity contribution in [1.29, 1.82) is 0 Å². The van der Waals surface area contributed by atoms with Crippen LogP contribution >= 0.6 is 0 Å². The maximum Gasteiger partial charge on any atom is 0.322 e. The van der Waals surface area contributed by atoms with Crippen molar-refractivity contribution in [3.63, 3.8) is 0 Å². The van der Waals surface area contributed by atoms with E-state index in [2.05, 4.69) is 12.2 Å². The highest BCUT2D eigenvalue weighted by Crippen LogP contribution is 2.60. The van der Waals surface area contributed by atoms with Gasteiger partial charge in [-0.25, -0.2) is 9.78 Å². The third-order valence-corrected chi connectivity index (χ3v) is 7.34. The van der Waals surface area contributed by atoms with Gasteiger partial charge >= 0.3 is 11.9 Å². The largest absolute Gasteiger partial charge is 0.480 e. The van der Waals surface area contributed by atoms with E-state index in [1.807, 2.05) is 13.8 Å². The molecular formula is C21H31NO9. The maximum absolute atomic E-state index is 12.4. The van der Waals surface area contributed by atoms with E-state index < -0.39 is 48.4 Å². The smallest absolute Gasteiger partial charge is 0.322 e. The number of rotatable bonds is 6. The van der Waals surface area contributed by atoms with E-state index in [1.54, 1.807) is 0 Å². The highest BCUT2D eigenvalue weighted by Gasteiger charge is 2.69. The molecule has 174 valence electrons. The van der Waals surface area contributed by atoms with E-state index >= 15 is 0 Å². The average Bonchev–Trinajstić information content (AvgIpc) is 2.94. The number of ether oxygens (including phenoxy) is 3. The number of fused-ring (bicyclic) bond motifs is 2. The fraction of sp³-hybridized carbons (Fsp3) is 0.857. The van der Waals surface area contributed by atoms with Crippen LogP contribution in [0.5, 0.6) is 0 Å². The van der Waals surface area contributed by atoms with Crippen molar-refractivity contribution in [1.82, 2.24) is 5.32 Å². The van der Waals surface area contributed by atoms with E-state index in [0.29, 0.717) is 12.3 Å². The molecule has 1 amide bonds. The molecule has 1 saturated carbocycles. The lowest BCUT2D eigenvalue weighted by atomic mass is 9.58. The summed E-state index contributed by atoms with van der Waals surface area (Å²) in [7, 11) is 0. The SMILES string of the molecule is C[C@H]1[C@H](OC(=O)CCC(=O)NCC(=O)O)O[C@@H]2O[C@@]3(C)CC[C@H]4[C@H](C)CC[C@@H]1[C@@]24OO3. The summed E-state index contributed by atoms with van der Waals surface area (Å²) in [5, 5.41) is 10.8. The van der Waals surface area contributed by atoms with Gasteiger partial charge in [0.1, 0.15) is 6.54 Å². The zero-order valence-electron chi connectivity index (χ0n) is 18.1. The Morgan fingerprint density at radius 2 is 1.87 bits per heavy atom. The van der Waals surface area contributed by atoms with Crippen LogP contribution in [0.1, 0.15) is 59.3 Å². The fourth-order valence-corrected chi connectivity index (χ4v) is 5.67. The molecule has 2 bridgehead atoms. The van der Waals surface area contributed by atoms with Crippen molar-refractivity contribution in [3.05, 3.63) is 0 Å². The molecule has 10 heteroatoms. The average molecular weight is 441 g/mol. The summed E-state index contributed by atoms with van der Waals surface area (Å²) in [6, 6.07) is 0. The number of hydrogen-bond acceptors (Lipinski definition) is 8. The van der Waals surface area contributed by atoms with Gasteiger partial charge in [-0.2, -0.15) is 0 Å².